The van der Waals surface area contributed by atoms with Gasteiger partial charge in [-0.2, -0.15) is 31.6 Å². The highest BCUT2D eigenvalue weighted by molar-refractivity contribution is 7.90. The zero-order chi connectivity index (χ0) is 30.9. The monoisotopic (exact) mass is 602 g/mol. The van der Waals surface area contributed by atoms with E-state index in [0.29, 0.717) is 15.9 Å². The summed E-state index contributed by atoms with van der Waals surface area (Å²) in [5.74, 6) is -4.66. The third-order valence-electron chi connectivity index (χ3n) is 5.85. The molecule has 0 aromatic heterocycles. The van der Waals surface area contributed by atoms with E-state index in [4.69, 9.17) is 5.26 Å². The average molecular weight is 603 g/mol. The maximum Gasteiger partial charge on any atom is 0.416 e. The third-order valence-corrected chi connectivity index (χ3v) is 7.10. The fourth-order valence-electron chi connectivity index (χ4n) is 4.29. The van der Waals surface area contributed by atoms with E-state index in [1.54, 1.807) is 0 Å². The lowest BCUT2D eigenvalue weighted by molar-refractivity contribution is -0.137. The first-order valence-corrected chi connectivity index (χ1v) is 13.1. The van der Waals surface area contributed by atoms with Gasteiger partial charge in [0.05, 0.1) is 28.9 Å². The van der Waals surface area contributed by atoms with Gasteiger partial charge in [0.1, 0.15) is 6.54 Å². The molecule has 2 aromatic carbocycles. The number of amides is 3. The lowest BCUT2D eigenvalue weighted by Crippen LogP contribution is -2.54. The van der Waals surface area contributed by atoms with Gasteiger partial charge in [-0.05, 0) is 49.7 Å². The largest absolute Gasteiger partial charge is 0.416 e. The van der Waals surface area contributed by atoms with E-state index in [9.17, 15) is 49.1 Å². The molecule has 2 aromatic rings. The molecule has 1 heterocycles. The number of hydrogen-bond acceptors (Lipinski definition) is 6. The molecule has 0 saturated carbocycles. The lowest BCUT2D eigenvalue weighted by atomic mass is 9.90. The number of nitrogens with one attached hydrogen (secondary N) is 1. The SMILES string of the molecule is CC(=O)C1=C(C)N(c2cccc(C(F)(F)F)c2)C(=O)N(CC(=O)NS(=O)(=O)CC(F)(F)F)C1c1ccc(C#N)cc1. The smallest absolute Gasteiger partial charge is 0.303 e. The van der Waals surface area contributed by atoms with Gasteiger partial charge in [0.25, 0.3) is 5.91 Å². The van der Waals surface area contributed by atoms with Gasteiger partial charge in [0.2, 0.25) is 10.0 Å². The van der Waals surface area contributed by atoms with E-state index in [0.717, 1.165) is 25.1 Å². The Morgan fingerprint density at radius 3 is 2.17 bits per heavy atom. The summed E-state index contributed by atoms with van der Waals surface area (Å²) >= 11 is 0. The molecule has 0 fully saturated rings. The molecule has 1 aliphatic rings. The number of nitriles is 1. The van der Waals surface area contributed by atoms with Crippen molar-refractivity contribution >= 4 is 33.4 Å². The van der Waals surface area contributed by atoms with E-state index >= 15 is 0 Å². The number of nitrogens with zero attached hydrogens (tertiary/aromatic N) is 3. The summed E-state index contributed by atoms with van der Waals surface area (Å²) in [4.78, 5) is 40.6. The summed E-state index contributed by atoms with van der Waals surface area (Å²) in [7, 11) is -5.24. The molecule has 1 atom stereocenters. The standard InChI is InChI=1S/C25H20F6N4O5S/c1-14-21(15(2)36)22(17-8-6-16(11-32)7-9-17)34(12-20(37)33-41(39,40)13-24(26,27)28)23(38)35(14)19-5-3-4-18(10-19)25(29,30)31/h3-10,22H,12-13H2,1-2H3,(H,33,37). The summed E-state index contributed by atoms with van der Waals surface area (Å²) < 4.78 is 103. The van der Waals surface area contributed by atoms with Crippen molar-refractivity contribution in [2.45, 2.75) is 32.2 Å². The van der Waals surface area contributed by atoms with Gasteiger partial charge in [-0.15, -0.1) is 0 Å². The van der Waals surface area contributed by atoms with Crippen molar-refractivity contribution in [1.29, 1.82) is 5.26 Å². The van der Waals surface area contributed by atoms with Gasteiger partial charge in [-0.1, -0.05) is 18.2 Å². The zero-order valence-corrected chi connectivity index (χ0v) is 22.0. The molecule has 0 saturated heterocycles. The number of Topliss-reactive ketones (excluding diaryl/α,β-unsaturated/α-hetero) is 1. The van der Waals surface area contributed by atoms with Crippen LogP contribution in [0.2, 0.25) is 0 Å². The van der Waals surface area contributed by atoms with E-state index in [1.165, 1.54) is 35.9 Å². The number of urea groups is 1. The van der Waals surface area contributed by atoms with Crippen LogP contribution in [0.25, 0.3) is 0 Å². The number of ketones is 1. The molecular weight excluding hydrogens is 582 g/mol. The fraction of sp³-hybridized carbons (Fsp3) is 0.280. The summed E-state index contributed by atoms with van der Waals surface area (Å²) in [5.41, 5.74) is -1.47. The average Bonchev–Trinajstić information content (AvgIpc) is 2.83. The van der Waals surface area contributed by atoms with Crippen LogP contribution < -0.4 is 9.62 Å². The first-order chi connectivity index (χ1) is 18.8. The second-order valence-electron chi connectivity index (χ2n) is 8.89. The van der Waals surface area contributed by atoms with Crippen molar-refractivity contribution in [2.24, 2.45) is 0 Å². The zero-order valence-electron chi connectivity index (χ0n) is 21.2. The molecule has 218 valence electrons. The third kappa shape index (κ3) is 7.23. The number of carbonyl (C=O) groups excluding carboxylic acids is 3. The molecule has 1 aliphatic heterocycles. The summed E-state index contributed by atoms with van der Waals surface area (Å²) in [6.07, 6.45) is -10.0. The first-order valence-electron chi connectivity index (χ1n) is 11.4. The van der Waals surface area contributed by atoms with Gasteiger partial charge < -0.3 is 4.90 Å². The van der Waals surface area contributed by atoms with Crippen molar-refractivity contribution in [1.82, 2.24) is 9.62 Å². The Hall–Kier alpha value is -4.39. The predicted molar refractivity (Wildman–Crippen MR) is 131 cm³/mol. The second kappa shape index (κ2) is 11.2. The summed E-state index contributed by atoms with van der Waals surface area (Å²) in [6, 6.07) is 8.04. The van der Waals surface area contributed by atoms with E-state index in [-0.39, 0.29) is 28.1 Å². The van der Waals surface area contributed by atoms with Crippen LogP contribution in [0.1, 0.15) is 36.6 Å². The summed E-state index contributed by atoms with van der Waals surface area (Å²) in [5, 5.41) is 9.11. The van der Waals surface area contributed by atoms with Crippen LogP contribution in [0.3, 0.4) is 0 Å². The Morgan fingerprint density at radius 2 is 1.66 bits per heavy atom. The van der Waals surface area contributed by atoms with Crippen LogP contribution in [-0.2, 0) is 25.8 Å². The normalized spacial score (nSPS) is 16.5. The minimum atomic E-state index is -5.24. The van der Waals surface area contributed by atoms with Crippen LogP contribution in [0.5, 0.6) is 0 Å². The number of hydrogen-bond donors (Lipinski definition) is 1. The minimum Gasteiger partial charge on any atom is -0.303 e. The molecule has 3 rings (SSSR count). The van der Waals surface area contributed by atoms with Crippen molar-refractivity contribution in [3.63, 3.8) is 0 Å². The van der Waals surface area contributed by atoms with E-state index in [2.05, 4.69) is 0 Å². The lowest BCUT2D eigenvalue weighted by Gasteiger charge is -2.42. The molecule has 0 aliphatic carbocycles. The Bertz CT molecular complexity index is 1560. The number of carbonyl (C=O) groups is 3. The van der Waals surface area contributed by atoms with E-state index in [1.807, 2.05) is 6.07 Å². The van der Waals surface area contributed by atoms with Gasteiger partial charge in [0, 0.05) is 11.3 Å². The Balaban J connectivity index is 2.18. The number of halogens is 6. The highest BCUT2D eigenvalue weighted by Gasteiger charge is 2.43. The molecule has 0 spiro atoms. The van der Waals surface area contributed by atoms with Gasteiger partial charge >= 0.3 is 18.4 Å². The van der Waals surface area contributed by atoms with Crippen LogP contribution in [0, 0.1) is 11.3 Å². The molecule has 1 N–H and O–H groups in total. The fourth-order valence-corrected chi connectivity index (χ4v) is 5.20. The Morgan fingerprint density at radius 1 is 1.05 bits per heavy atom. The van der Waals surface area contributed by atoms with Crippen molar-refractivity contribution < 1.29 is 49.1 Å². The second-order valence-corrected chi connectivity index (χ2v) is 10.6. The number of allylic oxidation sites excluding steroid dienone is 1. The highest BCUT2D eigenvalue weighted by atomic mass is 32.2. The van der Waals surface area contributed by atoms with Gasteiger partial charge in [-0.3, -0.25) is 19.2 Å². The quantitative estimate of drug-likeness (QED) is 0.467. The van der Waals surface area contributed by atoms with Crippen LogP contribution >= 0.6 is 0 Å². The van der Waals surface area contributed by atoms with Crippen molar-refractivity contribution in [3.05, 3.63) is 76.5 Å². The first kappa shape index (κ1) is 31.1. The number of benzene rings is 2. The molecule has 0 radical (unpaired) electrons. The maximum absolute atomic E-state index is 13.8. The number of anilines is 1. The number of alkyl halides is 6. The highest BCUT2D eigenvalue weighted by Crippen LogP contribution is 2.41. The molecular formula is C25H20F6N4O5S. The number of rotatable bonds is 7. The van der Waals surface area contributed by atoms with Gasteiger partial charge in [0.15, 0.2) is 11.5 Å². The van der Waals surface area contributed by atoms with Crippen molar-refractivity contribution in [3.8, 4) is 6.07 Å². The van der Waals surface area contributed by atoms with Crippen molar-refractivity contribution in [2.75, 3.05) is 17.2 Å². The summed E-state index contributed by atoms with van der Waals surface area (Å²) in [6.45, 7) is 1.15. The predicted octanol–water partition coefficient (Wildman–Crippen LogP) is 4.43. The maximum atomic E-state index is 13.8. The Labute approximate surface area is 229 Å². The van der Waals surface area contributed by atoms with Crippen LogP contribution in [-0.4, -0.2) is 49.5 Å². The van der Waals surface area contributed by atoms with E-state index < -0.39 is 64.0 Å². The van der Waals surface area contributed by atoms with Crippen LogP contribution in [0.15, 0.2) is 59.8 Å². The molecule has 1 unspecified atom stereocenters. The molecule has 16 heteroatoms. The topological polar surface area (TPSA) is 128 Å². The van der Waals surface area contributed by atoms with Gasteiger partial charge in [-0.25, -0.2) is 13.2 Å². The Kier molecular flexibility index (Phi) is 8.54. The molecule has 41 heavy (non-hydrogen) atoms. The molecule has 3 amide bonds. The molecule has 9 nitrogen and oxygen atoms in total. The minimum absolute atomic E-state index is 0.113. The van der Waals surface area contributed by atoms with Crippen LogP contribution in [0.4, 0.5) is 36.8 Å². The molecule has 0 bridgehead atoms. The number of sulfonamides is 1.